The van der Waals surface area contributed by atoms with E-state index in [0.717, 1.165) is 44.7 Å². The first-order valence-electron chi connectivity index (χ1n) is 13.1. The van der Waals surface area contributed by atoms with E-state index in [2.05, 4.69) is 6.58 Å². The summed E-state index contributed by atoms with van der Waals surface area (Å²) in [5.41, 5.74) is 4.92. The molecule has 0 saturated carbocycles. The SMILES string of the molecule is C=C(O)Cc1cccc(-c2ccc(CN(Cc3ccc(C(F)(F)F)o3)C(=O)c3c(C)ccc4ccccc34)cc2)c1. The molecule has 1 aromatic heterocycles. The van der Waals surface area contributed by atoms with Crippen LogP contribution in [-0.2, 0) is 25.7 Å². The fourth-order valence-electron chi connectivity index (χ4n) is 4.94. The number of aryl methyl sites for hydroxylation is 1. The van der Waals surface area contributed by atoms with Crippen LogP contribution in [0.15, 0.2) is 114 Å². The summed E-state index contributed by atoms with van der Waals surface area (Å²) in [7, 11) is 0. The van der Waals surface area contributed by atoms with E-state index < -0.39 is 11.9 Å². The lowest BCUT2D eigenvalue weighted by atomic mass is 9.98. The molecule has 0 aliphatic carbocycles. The van der Waals surface area contributed by atoms with Crippen molar-refractivity contribution in [1.82, 2.24) is 4.90 Å². The summed E-state index contributed by atoms with van der Waals surface area (Å²) in [6.07, 6.45) is -4.25. The molecule has 41 heavy (non-hydrogen) atoms. The highest BCUT2D eigenvalue weighted by Crippen LogP contribution is 2.32. The van der Waals surface area contributed by atoms with Crippen LogP contribution >= 0.6 is 0 Å². The first-order chi connectivity index (χ1) is 19.6. The van der Waals surface area contributed by atoms with Gasteiger partial charge in [0.15, 0.2) is 0 Å². The fourth-order valence-corrected chi connectivity index (χ4v) is 4.94. The molecule has 4 aromatic carbocycles. The van der Waals surface area contributed by atoms with Crippen LogP contribution in [0.5, 0.6) is 0 Å². The summed E-state index contributed by atoms with van der Waals surface area (Å²) < 4.78 is 44.7. The van der Waals surface area contributed by atoms with Gasteiger partial charge >= 0.3 is 6.18 Å². The molecule has 0 spiro atoms. The Bertz CT molecular complexity index is 1720. The number of carbonyl (C=O) groups excluding carboxylic acids is 1. The van der Waals surface area contributed by atoms with Crippen molar-refractivity contribution in [3.8, 4) is 11.1 Å². The molecule has 1 heterocycles. The van der Waals surface area contributed by atoms with Gasteiger partial charge in [0.25, 0.3) is 5.91 Å². The summed E-state index contributed by atoms with van der Waals surface area (Å²) >= 11 is 0. The summed E-state index contributed by atoms with van der Waals surface area (Å²) in [5, 5.41) is 11.2. The van der Waals surface area contributed by atoms with Gasteiger partial charge in [0, 0.05) is 13.0 Å². The third-order valence-corrected chi connectivity index (χ3v) is 6.92. The van der Waals surface area contributed by atoms with Gasteiger partial charge in [0.2, 0.25) is 5.76 Å². The maximum atomic E-state index is 14.0. The van der Waals surface area contributed by atoms with Gasteiger partial charge in [-0.05, 0) is 57.6 Å². The third kappa shape index (κ3) is 6.35. The first-order valence-corrected chi connectivity index (χ1v) is 13.1. The number of nitrogens with zero attached hydrogens (tertiary/aromatic N) is 1. The van der Waals surface area contributed by atoms with Crippen LogP contribution < -0.4 is 0 Å². The van der Waals surface area contributed by atoms with Crippen molar-refractivity contribution in [2.24, 2.45) is 0 Å². The van der Waals surface area contributed by atoms with E-state index in [1.165, 1.54) is 11.0 Å². The predicted octanol–water partition coefficient (Wildman–Crippen LogP) is 8.88. The molecular formula is C34H28F3NO3. The van der Waals surface area contributed by atoms with Crippen molar-refractivity contribution in [2.75, 3.05) is 0 Å². The van der Waals surface area contributed by atoms with Crippen LogP contribution in [0.2, 0.25) is 0 Å². The van der Waals surface area contributed by atoms with Gasteiger partial charge in [-0.15, -0.1) is 0 Å². The van der Waals surface area contributed by atoms with Gasteiger partial charge in [-0.25, -0.2) is 0 Å². The minimum atomic E-state index is -4.61. The standard InChI is InChI=1S/C34H28F3NO3/c1-22-10-13-27-7-3-4-9-30(27)32(22)33(40)38(21-29-16-17-31(41-29)34(35,36)37)20-24-11-14-26(15-12-24)28-8-5-6-25(19-28)18-23(2)39/h3-17,19,39H,2,18,20-21H2,1H3. The van der Waals surface area contributed by atoms with Crippen molar-refractivity contribution in [3.05, 3.63) is 143 Å². The van der Waals surface area contributed by atoms with E-state index >= 15 is 0 Å². The van der Waals surface area contributed by atoms with Gasteiger partial charge < -0.3 is 14.4 Å². The Balaban J connectivity index is 1.47. The van der Waals surface area contributed by atoms with E-state index in [1.54, 1.807) is 0 Å². The van der Waals surface area contributed by atoms with Crippen LogP contribution in [0.3, 0.4) is 0 Å². The van der Waals surface area contributed by atoms with E-state index in [9.17, 15) is 23.1 Å². The number of furan rings is 1. The third-order valence-electron chi connectivity index (χ3n) is 6.92. The number of allylic oxidation sites excluding steroid dienone is 1. The molecule has 0 bridgehead atoms. The molecule has 0 radical (unpaired) electrons. The number of amides is 1. The van der Waals surface area contributed by atoms with Gasteiger partial charge in [0.05, 0.1) is 17.9 Å². The zero-order valence-corrected chi connectivity index (χ0v) is 22.4. The van der Waals surface area contributed by atoms with Crippen LogP contribution in [0.25, 0.3) is 21.9 Å². The number of alkyl halides is 3. The second kappa shape index (κ2) is 11.4. The molecule has 5 rings (SSSR count). The average Bonchev–Trinajstić information content (AvgIpc) is 3.42. The summed E-state index contributed by atoms with van der Waals surface area (Å²) in [4.78, 5) is 15.6. The molecule has 1 N–H and O–H groups in total. The molecular weight excluding hydrogens is 527 g/mol. The fraction of sp³-hybridized carbons (Fsp3) is 0.147. The van der Waals surface area contributed by atoms with E-state index in [-0.39, 0.29) is 30.5 Å². The van der Waals surface area contributed by atoms with Crippen LogP contribution in [0.4, 0.5) is 13.2 Å². The highest BCUT2D eigenvalue weighted by Gasteiger charge is 2.35. The molecule has 0 saturated heterocycles. The average molecular weight is 556 g/mol. The lowest BCUT2D eigenvalue weighted by Crippen LogP contribution is -2.30. The maximum absolute atomic E-state index is 14.0. The molecule has 0 atom stereocenters. The minimum Gasteiger partial charge on any atom is -0.513 e. The van der Waals surface area contributed by atoms with Gasteiger partial charge in [-0.3, -0.25) is 4.79 Å². The molecule has 5 aromatic rings. The largest absolute Gasteiger partial charge is 0.513 e. The lowest BCUT2D eigenvalue weighted by molar-refractivity contribution is -0.153. The van der Waals surface area contributed by atoms with Crippen molar-refractivity contribution in [3.63, 3.8) is 0 Å². The summed E-state index contributed by atoms with van der Waals surface area (Å²) in [6, 6.07) is 28.9. The van der Waals surface area contributed by atoms with E-state index in [4.69, 9.17) is 4.42 Å². The normalized spacial score (nSPS) is 11.5. The van der Waals surface area contributed by atoms with Gasteiger partial charge in [0.1, 0.15) is 5.76 Å². The topological polar surface area (TPSA) is 53.7 Å². The van der Waals surface area contributed by atoms with Gasteiger partial charge in [-0.2, -0.15) is 13.2 Å². The molecule has 7 heteroatoms. The Morgan fingerprint density at radius 1 is 0.854 bits per heavy atom. The number of carbonyl (C=O) groups is 1. The lowest BCUT2D eigenvalue weighted by Gasteiger charge is -2.24. The number of halogens is 3. The molecule has 208 valence electrons. The molecule has 4 nitrogen and oxygen atoms in total. The quantitative estimate of drug-likeness (QED) is 0.195. The van der Waals surface area contributed by atoms with Crippen molar-refractivity contribution in [2.45, 2.75) is 32.6 Å². The molecule has 0 aliphatic heterocycles. The first kappa shape index (κ1) is 27.8. The van der Waals surface area contributed by atoms with Crippen LogP contribution in [0, 0.1) is 6.92 Å². The molecule has 0 aliphatic rings. The van der Waals surface area contributed by atoms with E-state index in [1.807, 2.05) is 91.9 Å². The van der Waals surface area contributed by atoms with Crippen molar-refractivity contribution >= 4 is 16.7 Å². The van der Waals surface area contributed by atoms with E-state index in [0.29, 0.717) is 12.0 Å². The Morgan fingerprint density at radius 3 is 2.32 bits per heavy atom. The van der Waals surface area contributed by atoms with Crippen molar-refractivity contribution < 1.29 is 27.5 Å². The number of aliphatic hydroxyl groups excluding tert-OH is 1. The smallest absolute Gasteiger partial charge is 0.449 e. The van der Waals surface area contributed by atoms with Crippen LogP contribution in [-0.4, -0.2) is 15.9 Å². The summed E-state index contributed by atoms with van der Waals surface area (Å²) in [6.45, 7) is 5.43. The maximum Gasteiger partial charge on any atom is 0.449 e. The molecule has 1 amide bonds. The number of benzene rings is 4. The highest BCUT2D eigenvalue weighted by atomic mass is 19.4. The van der Waals surface area contributed by atoms with Gasteiger partial charge in [-0.1, -0.05) is 91.5 Å². The summed E-state index contributed by atoms with van der Waals surface area (Å²) in [5.74, 6) is -1.27. The zero-order valence-electron chi connectivity index (χ0n) is 22.4. The van der Waals surface area contributed by atoms with Crippen molar-refractivity contribution in [1.29, 1.82) is 0 Å². The van der Waals surface area contributed by atoms with Crippen LogP contribution in [0.1, 0.15) is 38.6 Å². The molecule has 0 fully saturated rings. The number of fused-ring (bicyclic) bond motifs is 1. The Morgan fingerprint density at radius 2 is 1.61 bits per heavy atom. The Hall–Kier alpha value is -4.78. The Labute approximate surface area is 236 Å². The minimum absolute atomic E-state index is 0.0440. The number of aliphatic hydroxyl groups is 1. The zero-order chi connectivity index (χ0) is 29.1. The number of hydrogen-bond acceptors (Lipinski definition) is 3. The molecule has 0 unspecified atom stereocenters. The Kier molecular flexibility index (Phi) is 7.70. The number of rotatable bonds is 8. The number of hydrogen-bond donors (Lipinski definition) is 1. The highest BCUT2D eigenvalue weighted by molar-refractivity contribution is 6.08. The second-order valence-corrected chi connectivity index (χ2v) is 10.0. The second-order valence-electron chi connectivity index (χ2n) is 10.0. The predicted molar refractivity (Wildman–Crippen MR) is 153 cm³/mol. The monoisotopic (exact) mass is 555 g/mol.